The summed E-state index contributed by atoms with van der Waals surface area (Å²) in [5.41, 5.74) is 5.61. The van der Waals surface area contributed by atoms with Crippen LogP contribution in [0.1, 0.15) is 12.0 Å². The fourth-order valence-corrected chi connectivity index (χ4v) is 1.12. The first-order valence-electron chi connectivity index (χ1n) is 4.47. The molecule has 1 aromatic carbocycles. The van der Waals surface area contributed by atoms with E-state index in [4.69, 9.17) is 15.6 Å². The predicted octanol–water partition coefficient (Wildman–Crippen LogP) is 1.14. The molecular weight excluding hydrogens is 201 g/mol. The van der Waals surface area contributed by atoms with Crippen LogP contribution in [0.25, 0.3) is 0 Å². The van der Waals surface area contributed by atoms with Crippen LogP contribution in [0, 0.1) is 5.82 Å². The van der Waals surface area contributed by atoms with Gasteiger partial charge >= 0.3 is 5.97 Å². The highest BCUT2D eigenvalue weighted by atomic mass is 19.1. The van der Waals surface area contributed by atoms with Crippen LogP contribution in [0.4, 0.5) is 4.39 Å². The van der Waals surface area contributed by atoms with Crippen LogP contribution in [0.2, 0.25) is 0 Å². The quantitative estimate of drug-likeness (QED) is 0.769. The maximum atomic E-state index is 13.2. The molecule has 0 heterocycles. The van der Waals surface area contributed by atoms with Gasteiger partial charge in [0, 0.05) is 12.1 Å². The van der Waals surface area contributed by atoms with E-state index in [-0.39, 0.29) is 25.1 Å². The number of rotatable bonds is 5. The van der Waals surface area contributed by atoms with E-state index in [9.17, 15) is 9.18 Å². The molecule has 0 aliphatic heterocycles. The van der Waals surface area contributed by atoms with E-state index in [1.54, 1.807) is 6.07 Å². The van der Waals surface area contributed by atoms with Gasteiger partial charge in [0.2, 0.25) is 0 Å². The molecule has 4 nitrogen and oxygen atoms in total. The Hall–Kier alpha value is -1.62. The minimum absolute atomic E-state index is 0.00574. The van der Waals surface area contributed by atoms with E-state index in [1.165, 1.54) is 12.1 Å². The molecular formula is C10H12FNO3. The number of carbonyl (C=O) groups is 1. The third kappa shape index (κ3) is 3.21. The predicted molar refractivity (Wildman–Crippen MR) is 52.0 cm³/mol. The first kappa shape index (κ1) is 11.5. The van der Waals surface area contributed by atoms with Crippen molar-refractivity contribution in [2.24, 2.45) is 5.73 Å². The van der Waals surface area contributed by atoms with Crippen LogP contribution in [0.3, 0.4) is 0 Å². The van der Waals surface area contributed by atoms with E-state index in [2.05, 4.69) is 0 Å². The molecule has 0 aromatic heterocycles. The van der Waals surface area contributed by atoms with Gasteiger partial charge in [0.1, 0.15) is 11.6 Å². The second-order valence-electron chi connectivity index (χ2n) is 2.91. The Morgan fingerprint density at radius 3 is 2.87 bits per heavy atom. The fourth-order valence-electron chi connectivity index (χ4n) is 1.12. The van der Waals surface area contributed by atoms with Gasteiger partial charge in [-0.05, 0) is 12.1 Å². The highest BCUT2D eigenvalue weighted by Gasteiger charge is 2.08. The largest absolute Gasteiger partial charge is 0.493 e. The second-order valence-corrected chi connectivity index (χ2v) is 2.91. The van der Waals surface area contributed by atoms with Gasteiger partial charge in [0.25, 0.3) is 0 Å². The van der Waals surface area contributed by atoms with Crippen molar-refractivity contribution in [1.82, 2.24) is 0 Å². The maximum absolute atomic E-state index is 13.2. The van der Waals surface area contributed by atoms with Gasteiger partial charge < -0.3 is 15.6 Å². The first-order valence-corrected chi connectivity index (χ1v) is 4.47. The number of halogens is 1. The lowest BCUT2D eigenvalue weighted by atomic mass is 10.2. The van der Waals surface area contributed by atoms with Crippen LogP contribution in [-0.2, 0) is 11.3 Å². The molecule has 1 aromatic rings. The summed E-state index contributed by atoms with van der Waals surface area (Å²) >= 11 is 0. The molecule has 0 radical (unpaired) electrons. The lowest BCUT2D eigenvalue weighted by Gasteiger charge is -2.09. The van der Waals surface area contributed by atoms with Crippen molar-refractivity contribution < 1.29 is 19.0 Å². The van der Waals surface area contributed by atoms with Gasteiger partial charge in [0.15, 0.2) is 0 Å². The number of nitrogens with two attached hydrogens (primary N) is 1. The molecule has 0 saturated heterocycles. The van der Waals surface area contributed by atoms with Crippen molar-refractivity contribution in [2.45, 2.75) is 13.0 Å². The van der Waals surface area contributed by atoms with E-state index < -0.39 is 11.8 Å². The average Bonchev–Trinajstić information content (AvgIpc) is 2.17. The zero-order valence-corrected chi connectivity index (χ0v) is 8.07. The highest BCUT2D eigenvalue weighted by Crippen LogP contribution is 2.20. The topological polar surface area (TPSA) is 72.5 Å². The highest BCUT2D eigenvalue weighted by molar-refractivity contribution is 5.66. The Kier molecular flexibility index (Phi) is 4.05. The number of hydrogen-bond donors (Lipinski definition) is 2. The number of benzene rings is 1. The number of ether oxygens (including phenoxy) is 1. The molecule has 1 rings (SSSR count). The number of carboxylic acid groups (broad SMARTS) is 1. The van der Waals surface area contributed by atoms with Gasteiger partial charge in [-0.15, -0.1) is 0 Å². The zero-order valence-electron chi connectivity index (χ0n) is 8.07. The summed E-state index contributed by atoms with van der Waals surface area (Å²) in [5, 5.41) is 8.39. The summed E-state index contributed by atoms with van der Waals surface area (Å²) < 4.78 is 18.3. The maximum Gasteiger partial charge on any atom is 0.306 e. The average molecular weight is 213 g/mol. The molecule has 0 fully saturated rings. The van der Waals surface area contributed by atoms with Crippen molar-refractivity contribution in [3.05, 3.63) is 29.6 Å². The summed E-state index contributed by atoms with van der Waals surface area (Å²) in [4.78, 5) is 10.2. The van der Waals surface area contributed by atoms with E-state index in [0.717, 1.165) is 0 Å². The summed E-state index contributed by atoms with van der Waals surface area (Å²) in [5.74, 6) is -1.09. The molecule has 0 aliphatic carbocycles. The lowest BCUT2D eigenvalue weighted by molar-refractivity contribution is -0.137. The van der Waals surface area contributed by atoms with Gasteiger partial charge in [-0.1, -0.05) is 6.07 Å². The van der Waals surface area contributed by atoms with Gasteiger partial charge in [-0.2, -0.15) is 0 Å². The lowest BCUT2D eigenvalue weighted by Crippen LogP contribution is -2.08. The van der Waals surface area contributed by atoms with Gasteiger partial charge in [-0.3, -0.25) is 4.79 Å². The Labute approximate surface area is 86.5 Å². The SMILES string of the molecule is NCc1c(F)cccc1OCCC(=O)O. The molecule has 0 amide bonds. The molecule has 0 saturated carbocycles. The Balaban J connectivity index is 2.67. The Bertz CT molecular complexity index is 355. The van der Waals surface area contributed by atoms with Crippen molar-refractivity contribution in [2.75, 3.05) is 6.61 Å². The van der Waals surface area contributed by atoms with Crippen LogP contribution >= 0.6 is 0 Å². The molecule has 0 unspecified atom stereocenters. The fraction of sp³-hybridized carbons (Fsp3) is 0.300. The smallest absolute Gasteiger partial charge is 0.306 e. The van der Waals surface area contributed by atoms with Crippen LogP contribution in [0.5, 0.6) is 5.75 Å². The summed E-state index contributed by atoms with van der Waals surface area (Å²) in [7, 11) is 0. The minimum atomic E-state index is -0.958. The molecule has 0 spiro atoms. The Morgan fingerprint density at radius 1 is 1.53 bits per heavy atom. The number of aliphatic carboxylic acids is 1. The van der Waals surface area contributed by atoms with Crippen LogP contribution in [-0.4, -0.2) is 17.7 Å². The third-order valence-corrected chi connectivity index (χ3v) is 1.85. The van der Waals surface area contributed by atoms with Crippen molar-refractivity contribution in [1.29, 1.82) is 0 Å². The van der Waals surface area contributed by atoms with Crippen LogP contribution in [0.15, 0.2) is 18.2 Å². The van der Waals surface area contributed by atoms with Gasteiger partial charge in [0.05, 0.1) is 13.0 Å². The Morgan fingerprint density at radius 2 is 2.27 bits per heavy atom. The number of hydrogen-bond acceptors (Lipinski definition) is 3. The molecule has 0 bridgehead atoms. The molecule has 3 N–H and O–H groups in total. The molecule has 5 heteroatoms. The van der Waals surface area contributed by atoms with Crippen molar-refractivity contribution >= 4 is 5.97 Å². The third-order valence-electron chi connectivity index (χ3n) is 1.85. The summed E-state index contributed by atoms with van der Waals surface area (Å²) in [6.07, 6.45) is -0.124. The van der Waals surface area contributed by atoms with Gasteiger partial charge in [-0.25, -0.2) is 4.39 Å². The van der Waals surface area contributed by atoms with Crippen molar-refractivity contribution in [3.8, 4) is 5.75 Å². The van der Waals surface area contributed by atoms with E-state index >= 15 is 0 Å². The monoisotopic (exact) mass is 213 g/mol. The molecule has 0 aliphatic rings. The minimum Gasteiger partial charge on any atom is -0.493 e. The second kappa shape index (κ2) is 5.31. The normalized spacial score (nSPS) is 10.0. The standard InChI is InChI=1S/C10H12FNO3/c11-8-2-1-3-9(7(8)6-12)15-5-4-10(13)14/h1-3H,4-6,12H2,(H,13,14). The van der Waals surface area contributed by atoms with E-state index in [1.807, 2.05) is 0 Å². The molecule has 0 atom stereocenters. The van der Waals surface area contributed by atoms with Crippen molar-refractivity contribution in [3.63, 3.8) is 0 Å². The summed E-state index contributed by atoms with van der Waals surface area (Å²) in [6.45, 7) is 0.0286. The number of carboxylic acids is 1. The summed E-state index contributed by atoms with van der Waals surface area (Å²) in [6, 6.07) is 4.34. The zero-order chi connectivity index (χ0) is 11.3. The van der Waals surface area contributed by atoms with E-state index in [0.29, 0.717) is 5.75 Å². The first-order chi connectivity index (χ1) is 7.15. The van der Waals surface area contributed by atoms with Crippen LogP contribution < -0.4 is 10.5 Å². The molecule has 15 heavy (non-hydrogen) atoms. The molecule has 82 valence electrons.